The van der Waals surface area contributed by atoms with E-state index in [1.54, 1.807) is 5.16 Å². The van der Waals surface area contributed by atoms with Crippen LogP contribution in [0.25, 0.3) is 0 Å². The maximum absolute atomic E-state index is 11.2. The number of carbonyl (C=O) groups is 2. The van der Waals surface area contributed by atoms with Gasteiger partial charge < -0.3 is 4.52 Å². The molecule has 0 unspecified atom stereocenters. The monoisotopic (exact) mass is 250 g/mol. The summed E-state index contributed by atoms with van der Waals surface area (Å²) in [4.78, 5) is 39.0. The van der Waals surface area contributed by atoms with Crippen LogP contribution in [0.2, 0.25) is 0 Å². The number of hydrogen-bond acceptors (Lipinski definition) is 6. The van der Waals surface area contributed by atoms with Gasteiger partial charge in [0.25, 0.3) is 5.91 Å². The third kappa shape index (κ3) is 2.79. The lowest BCUT2D eigenvalue weighted by molar-refractivity contribution is -0.138. The van der Waals surface area contributed by atoms with Crippen LogP contribution in [-0.2, 0) is 18.7 Å². The van der Waals surface area contributed by atoms with Gasteiger partial charge in [-0.05, 0) is 12.2 Å². The van der Waals surface area contributed by atoms with E-state index in [0.29, 0.717) is 6.08 Å². The minimum atomic E-state index is -4.88. The summed E-state index contributed by atoms with van der Waals surface area (Å²) in [6.45, 7) is 0. The Kier molecular flexibility index (Phi) is 3.13. The Balaban J connectivity index is 2.93. The lowest BCUT2D eigenvalue weighted by atomic mass is 10.5. The second kappa shape index (κ2) is 4.01. The highest BCUT2D eigenvalue weighted by Crippen LogP contribution is 2.40. The van der Waals surface area contributed by atoms with Crippen LogP contribution < -0.4 is 0 Å². The Morgan fingerprint density at radius 3 is 2.60 bits per heavy atom. The van der Waals surface area contributed by atoms with Gasteiger partial charge in [-0.25, -0.2) is 4.57 Å². The summed E-state index contributed by atoms with van der Waals surface area (Å²) in [6.07, 6.45) is 0.595. The lowest BCUT2D eigenvalue weighted by Crippen LogP contribution is -2.25. The molecular weight excluding hydrogens is 247 g/mol. The summed E-state index contributed by atoms with van der Waals surface area (Å²) in [5.74, 6) is -2.82. The zero-order valence-electron chi connectivity index (χ0n) is 6.85. The third-order valence-electron chi connectivity index (χ3n) is 1.22. The average Bonchev–Trinajstić information content (AvgIpc) is 2.30. The molecule has 0 spiro atoms. The van der Waals surface area contributed by atoms with Crippen molar-refractivity contribution in [1.82, 2.24) is 5.01 Å². The Morgan fingerprint density at radius 2 is 2.13 bits per heavy atom. The highest BCUT2D eigenvalue weighted by Gasteiger charge is 2.36. The quantitative estimate of drug-likeness (QED) is 0.296. The van der Waals surface area contributed by atoms with E-state index < -0.39 is 25.4 Å². The van der Waals surface area contributed by atoms with E-state index in [4.69, 9.17) is 9.79 Å². The molecule has 0 aromatic carbocycles. The molecule has 1 heterocycles. The minimum absolute atomic E-state index is 0.276. The molecule has 80 valence electrons. The summed E-state index contributed by atoms with van der Waals surface area (Å²) in [5, 5.41) is 5.12. The Morgan fingerprint density at radius 1 is 1.53 bits per heavy atom. The maximum Gasteiger partial charge on any atom is 0.524 e. The van der Waals surface area contributed by atoms with Gasteiger partial charge in [0.2, 0.25) is 5.76 Å². The van der Waals surface area contributed by atoms with Crippen LogP contribution in [0.4, 0.5) is 0 Å². The summed E-state index contributed by atoms with van der Waals surface area (Å²) >= 11 is 4.16. The molecule has 0 bridgehead atoms. The number of hydrogen-bond donors (Lipinski definition) is 2. The highest BCUT2D eigenvalue weighted by atomic mass is 32.1. The molecular formula is C5H3N2O6PS. The molecule has 2 amide bonds. The fourth-order valence-electron chi connectivity index (χ4n) is 0.769. The van der Waals surface area contributed by atoms with E-state index in [9.17, 15) is 14.2 Å². The zero-order valence-corrected chi connectivity index (χ0v) is 8.57. The molecule has 0 aliphatic carbocycles. The van der Waals surface area contributed by atoms with Crippen LogP contribution in [0.5, 0.6) is 0 Å². The molecule has 0 aromatic heterocycles. The molecule has 2 N–H and O–H groups in total. The molecule has 8 nitrogen and oxygen atoms in total. The summed E-state index contributed by atoms with van der Waals surface area (Å²) in [7, 11) is -4.88. The minimum Gasteiger partial charge on any atom is -0.398 e. The molecule has 10 heteroatoms. The largest absolute Gasteiger partial charge is 0.524 e. The normalized spacial score (nSPS) is 16.1. The van der Waals surface area contributed by atoms with E-state index >= 15 is 0 Å². The highest BCUT2D eigenvalue weighted by molar-refractivity contribution is 7.78. The number of imide groups is 1. The van der Waals surface area contributed by atoms with Crippen molar-refractivity contribution >= 4 is 37.0 Å². The van der Waals surface area contributed by atoms with Crippen LogP contribution in [-0.4, -0.2) is 31.8 Å². The van der Waals surface area contributed by atoms with Crippen molar-refractivity contribution in [2.75, 3.05) is 0 Å². The molecule has 1 rings (SSSR count). The number of rotatable bonds is 3. The van der Waals surface area contributed by atoms with Gasteiger partial charge in [-0.1, -0.05) is 0 Å². The smallest absolute Gasteiger partial charge is 0.398 e. The molecule has 0 saturated carbocycles. The Hall–Kier alpha value is -1.37. The molecule has 0 saturated heterocycles. The van der Waals surface area contributed by atoms with Crippen LogP contribution in [0.15, 0.2) is 16.9 Å². The van der Waals surface area contributed by atoms with Gasteiger partial charge in [0.15, 0.2) is 0 Å². The van der Waals surface area contributed by atoms with Gasteiger partial charge in [-0.15, -0.1) is 10.1 Å². The first-order chi connectivity index (χ1) is 6.85. The topological polar surface area (TPSA) is 116 Å². The zero-order chi connectivity index (χ0) is 11.6. The number of hydrazone groups is 1. The van der Waals surface area contributed by atoms with Crippen LogP contribution in [0.1, 0.15) is 0 Å². The predicted molar refractivity (Wildman–Crippen MR) is 48.1 cm³/mol. The van der Waals surface area contributed by atoms with Crippen molar-refractivity contribution in [3.63, 3.8) is 0 Å². The summed E-state index contributed by atoms with van der Waals surface area (Å²) < 4.78 is 14.3. The number of thiocarbonyl (C=S) groups is 1. The summed E-state index contributed by atoms with van der Waals surface area (Å²) in [6, 6.07) is 0. The van der Waals surface area contributed by atoms with E-state index in [2.05, 4.69) is 21.8 Å². The van der Waals surface area contributed by atoms with E-state index in [-0.39, 0.29) is 5.01 Å². The molecule has 1 aliphatic heterocycles. The van der Waals surface area contributed by atoms with E-state index in [0.717, 1.165) is 0 Å². The lowest BCUT2D eigenvalue weighted by Gasteiger charge is -2.07. The van der Waals surface area contributed by atoms with Crippen molar-refractivity contribution < 1.29 is 28.5 Å². The fourth-order valence-corrected chi connectivity index (χ4v) is 1.24. The molecule has 1 aliphatic rings. The first kappa shape index (κ1) is 11.7. The van der Waals surface area contributed by atoms with Crippen molar-refractivity contribution in [2.45, 2.75) is 0 Å². The Bertz CT molecular complexity index is 446. The van der Waals surface area contributed by atoms with Gasteiger partial charge >= 0.3 is 13.7 Å². The predicted octanol–water partition coefficient (Wildman–Crippen LogP) is -0.634. The van der Waals surface area contributed by atoms with Crippen molar-refractivity contribution in [3.8, 4) is 0 Å². The molecule has 0 radical (unpaired) electrons. The van der Waals surface area contributed by atoms with E-state index in [1.807, 2.05) is 0 Å². The second-order valence-corrected chi connectivity index (χ2v) is 3.58. The first-order valence-electron chi connectivity index (χ1n) is 3.28. The molecule has 15 heavy (non-hydrogen) atoms. The number of amides is 2. The number of phosphoric ester groups is 1. The average molecular weight is 250 g/mol. The molecule has 0 atom stereocenters. The van der Waals surface area contributed by atoms with Crippen LogP contribution in [0, 0.1) is 0 Å². The van der Waals surface area contributed by atoms with Gasteiger partial charge in [-0.2, -0.15) is 0 Å². The first-order valence-corrected chi connectivity index (χ1v) is 5.22. The number of phosphoric acid groups is 1. The van der Waals surface area contributed by atoms with Gasteiger partial charge in [0.1, 0.15) is 0 Å². The number of carbonyl (C=O) groups excluding carboxylic acids is 2. The van der Waals surface area contributed by atoms with Crippen molar-refractivity contribution in [2.24, 2.45) is 5.10 Å². The fraction of sp³-hybridized carbons (Fsp3) is 0. The standard InChI is InChI=1S/C5H3N2O6PS/c8-4-1-3(13-14(10,11)12)5(9)7(4)6-2-15/h1H,(H2,10,11,12). The molecule has 0 aromatic rings. The van der Waals surface area contributed by atoms with E-state index in [1.165, 1.54) is 0 Å². The van der Waals surface area contributed by atoms with Crippen LogP contribution >= 0.6 is 20.0 Å². The number of isothiocyanates is 1. The Labute approximate surface area is 88.1 Å². The van der Waals surface area contributed by atoms with Crippen LogP contribution in [0.3, 0.4) is 0 Å². The number of nitrogens with zero attached hydrogens (tertiary/aromatic N) is 2. The van der Waals surface area contributed by atoms with Crippen molar-refractivity contribution in [1.29, 1.82) is 0 Å². The maximum atomic E-state index is 11.2. The summed E-state index contributed by atoms with van der Waals surface area (Å²) in [5.41, 5.74) is 0. The van der Waals surface area contributed by atoms with Gasteiger partial charge in [0.05, 0.1) is 11.2 Å². The molecule has 0 fully saturated rings. The van der Waals surface area contributed by atoms with Crippen molar-refractivity contribution in [3.05, 3.63) is 11.8 Å². The second-order valence-electron chi connectivity index (χ2n) is 2.24. The van der Waals surface area contributed by atoms with Gasteiger partial charge in [-0.3, -0.25) is 19.4 Å². The third-order valence-corrected chi connectivity index (χ3v) is 1.74. The van der Waals surface area contributed by atoms with Gasteiger partial charge in [0, 0.05) is 0 Å². The SMILES string of the molecule is O=C1C=C(OP(=O)(O)O)C(=O)N1N=C=S.